The minimum Gasteiger partial charge on any atom is -0.511 e. The molecule has 0 unspecified atom stereocenters. The molecule has 0 saturated carbocycles. The smallest absolute Gasteiger partial charge is 0.168 e. The Morgan fingerprint density at radius 3 is 2.68 bits per heavy atom. The van der Waals surface area contributed by atoms with E-state index in [0.29, 0.717) is 73.4 Å². The van der Waals surface area contributed by atoms with Crippen molar-refractivity contribution in [2.45, 2.75) is 64.7 Å². The maximum absolute atomic E-state index is 12.3. The van der Waals surface area contributed by atoms with Gasteiger partial charge in [-0.15, -0.1) is 0 Å². The number of aryl methyl sites for hydroxylation is 2. The normalized spacial score (nSPS) is 18.7. The van der Waals surface area contributed by atoms with Gasteiger partial charge in [-0.3, -0.25) is 14.6 Å². The molecule has 0 atom stereocenters. The van der Waals surface area contributed by atoms with Crippen LogP contribution in [0.15, 0.2) is 20.8 Å². The third-order valence-electron chi connectivity index (χ3n) is 4.72. The number of nitrogens with zero attached hydrogens (tertiary/aromatic N) is 2. The van der Waals surface area contributed by atoms with E-state index in [1.54, 1.807) is 0 Å². The molecule has 0 bridgehead atoms. The lowest BCUT2D eigenvalue weighted by Crippen LogP contribution is -2.21. The molecule has 0 aromatic carbocycles. The Balaban J connectivity index is 1.82. The van der Waals surface area contributed by atoms with Gasteiger partial charge < -0.3 is 9.63 Å². The van der Waals surface area contributed by atoms with Gasteiger partial charge in [0.25, 0.3) is 0 Å². The van der Waals surface area contributed by atoms with Crippen molar-refractivity contribution in [3.05, 3.63) is 28.3 Å². The number of rotatable bonds is 6. The molecule has 0 amide bonds. The average Bonchev–Trinajstić information content (AvgIpc) is 3.01. The Morgan fingerprint density at radius 1 is 1.16 bits per heavy atom. The van der Waals surface area contributed by atoms with Crippen molar-refractivity contribution in [3.8, 4) is 0 Å². The number of ketones is 2. The van der Waals surface area contributed by atoms with Gasteiger partial charge in [-0.1, -0.05) is 12.1 Å². The molecule has 6 nitrogen and oxygen atoms in total. The zero-order valence-electron chi connectivity index (χ0n) is 14.6. The number of carbonyl (C=O) groups excluding carboxylic acids is 2. The Morgan fingerprint density at radius 2 is 1.92 bits per heavy atom. The molecule has 0 saturated heterocycles. The second-order valence-corrected chi connectivity index (χ2v) is 6.63. The van der Waals surface area contributed by atoms with E-state index < -0.39 is 0 Å². The number of aliphatic hydroxyl groups is 1. The van der Waals surface area contributed by atoms with Gasteiger partial charge in [-0.05, 0) is 32.1 Å². The summed E-state index contributed by atoms with van der Waals surface area (Å²) in [5.74, 6) is 0.857. The van der Waals surface area contributed by atoms with E-state index in [0.717, 1.165) is 19.3 Å². The fourth-order valence-corrected chi connectivity index (χ4v) is 3.48. The molecule has 1 aromatic heterocycles. The van der Waals surface area contributed by atoms with E-state index in [1.165, 1.54) is 0 Å². The quantitative estimate of drug-likeness (QED) is 0.797. The lowest BCUT2D eigenvalue weighted by Gasteiger charge is -2.17. The zero-order valence-corrected chi connectivity index (χ0v) is 14.6. The summed E-state index contributed by atoms with van der Waals surface area (Å²) in [4.78, 5) is 29.0. The molecule has 0 radical (unpaired) electrons. The fourth-order valence-electron chi connectivity index (χ4n) is 3.48. The fraction of sp³-hybridized carbons (Fsp3) is 0.579. The van der Waals surface area contributed by atoms with Gasteiger partial charge in [-0.2, -0.15) is 0 Å². The molecule has 2 aliphatic carbocycles. The maximum Gasteiger partial charge on any atom is 0.168 e. The molecule has 6 heteroatoms. The largest absolute Gasteiger partial charge is 0.511 e. The first-order valence-electron chi connectivity index (χ1n) is 9.11. The Hall–Kier alpha value is -2.24. The van der Waals surface area contributed by atoms with Crippen LogP contribution in [0.4, 0.5) is 0 Å². The van der Waals surface area contributed by atoms with Gasteiger partial charge in [-0.25, -0.2) is 0 Å². The number of aliphatic imine (C=N–C) groups is 1. The summed E-state index contributed by atoms with van der Waals surface area (Å²) in [5, 5.41) is 14.3. The van der Waals surface area contributed by atoms with Gasteiger partial charge in [0, 0.05) is 37.9 Å². The average molecular weight is 344 g/mol. The zero-order chi connectivity index (χ0) is 17.8. The molecule has 2 aliphatic rings. The number of hydrogen-bond acceptors (Lipinski definition) is 6. The lowest BCUT2D eigenvalue weighted by molar-refractivity contribution is -0.115. The van der Waals surface area contributed by atoms with Crippen LogP contribution >= 0.6 is 0 Å². The number of carbonyl (C=O) groups is 2. The molecule has 1 heterocycles. The van der Waals surface area contributed by atoms with E-state index in [-0.39, 0.29) is 17.3 Å². The van der Waals surface area contributed by atoms with Crippen molar-refractivity contribution < 1.29 is 19.2 Å². The predicted octanol–water partition coefficient (Wildman–Crippen LogP) is 3.54. The maximum atomic E-state index is 12.3. The third kappa shape index (κ3) is 3.72. The van der Waals surface area contributed by atoms with Crippen molar-refractivity contribution in [1.82, 2.24) is 5.16 Å². The van der Waals surface area contributed by atoms with Gasteiger partial charge in [0.2, 0.25) is 0 Å². The molecule has 25 heavy (non-hydrogen) atoms. The Bertz CT molecular complexity index is 743. The minimum atomic E-state index is -0.0446. The van der Waals surface area contributed by atoms with E-state index in [1.807, 2.05) is 6.92 Å². The third-order valence-corrected chi connectivity index (χ3v) is 4.72. The van der Waals surface area contributed by atoms with E-state index in [9.17, 15) is 14.7 Å². The van der Waals surface area contributed by atoms with Crippen LogP contribution in [0, 0.1) is 0 Å². The van der Waals surface area contributed by atoms with Gasteiger partial charge in [0.05, 0.1) is 16.8 Å². The number of fused-ring (bicyclic) bond motifs is 1. The highest BCUT2D eigenvalue weighted by molar-refractivity contribution is 6.23. The van der Waals surface area contributed by atoms with E-state index in [4.69, 9.17) is 4.52 Å². The second kappa shape index (κ2) is 7.76. The molecule has 3 rings (SSSR count). The van der Waals surface area contributed by atoms with Crippen molar-refractivity contribution in [2.24, 2.45) is 4.99 Å². The second-order valence-electron chi connectivity index (χ2n) is 6.63. The first kappa shape index (κ1) is 17.6. The number of aromatic nitrogens is 1. The van der Waals surface area contributed by atoms with Crippen molar-refractivity contribution in [3.63, 3.8) is 0 Å². The predicted molar refractivity (Wildman–Crippen MR) is 93.2 cm³/mol. The van der Waals surface area contributed by atoms with Crippen LogP contribution < -0.4 is 0 Å². The number of allylic oxidation sites excluding steroid dienone is 2. The highest BCUT2D eigenvalue weighted by Gasteiger charge is 2.28. The van der Waals surface area contributed by atoms with Crippen LogP contribution in [0.2, 0.25) is 0 Å². The number of aliphatic hydroxyl groups excluding tert-OH is 1. The van der Waals surface area contributed by atoms with E-state index >= 15 is 0 Å². The topological polar surface area (TPSA) is 92.8 Å². The summed E-state index contributed by atoms with van der Waals surface area (Å²) in [6.07, 6.45) is 5.54. The van der Waals surface area contributed by atoms with Gasteiger partial charge >= 0.3 is 0 Å². The monoisotopic (exact) mass is 344 g/mol. The van der Waals surface area contributed by atoms with Crippen LogP contribution in [0.3, 0.4) is 0 Å². The molecular weight excluding hydrogens is 320 g/mol. The molecule has 0 aliphatic heterocycles. The first-order valence-corrected chi connectivity index (χ1v) is 9.11. The summed E-state index contributed by atoms with van der Waals surface area (Å²) in [6, 6.07) is 0. The molecule has 1 aromatic rings. The van der Waals surface area contributed by atoms with Crippen LogP contribution in [-0.4, -0.2) is 34.1 Å². The van der Waals surface area contributed by atoms with Crippen LogP contribution in [-0.2, 0) is 17.6 Å². The number of Topliss-reactive ketones (excluding diaryl/α,β-unsaturated/α-hetero) is 2. The Kier molecular flexibility index (Phi) is 5.46. The molecule has 134 valence electrons. The van der Waals surface area contributed by atoms with Gasteiger partial charge in [0.1, 0.15) is 11.5 Å². The molecule has 0 spiro atoms. The summed E-state index contributed by atoms with van der Waals surface area (Å²) < 4.78 is 5.32. The molecule has 0 fully saturated rings. The number of hydrogen-bond donors (Lipinski definition) is 1. The van der Waals surface area contributed by atoms with Crippen LogP contribution in [0.5, 0.6) is 0 Å². The van der Waals surface area contributed by atoms with Crippen molar-refractivity contribution >= 4 is 17.3 Å². The standard InChI is InChI=1S/C19H24N2O4/c1-2-11-20-12(18-14(22)5-3-6-15(18)23)9-10-13-19-16(24)7-4-8-17(19)25-21-13/h22H,2-11H2,1H3. The van der Waals surface area contributed by atoms with Crippen LogP contribution in [0.25, 0.3) is 0 Å². The van der Waals surface area contributed by atoms with Crippen LogP contribution in [0.1, 0.15) is 73.7 Å². The van der Waals surface area contributed by atoms with Gasteiger partial charge in [0.15, 0.2) is 11.6 Å². The van der Waals surface area contributed by atoms with Crippen molar-refractivity contribution in [1.29, 1.82) is 0 Å². The lowest BCUT2D eigenvalue weighted by atomic mass is 9.89. The summed E-state index contributed by atoms with van der Waals surface area (Å²) >= 11 is 0. The summed E-state index contributed by atoms with van der Waals surface area (Å²) in [7, 11) is 0. The molecule has 1 N–H and O–H groups in total. The Labute approximate surface area is 147 Å². The van der Waals surface area contributed by atoms with Crippen molar-refractivity contribution in [2.75, 3.05) is 6.54 Å². The minimum absolute atomic E-state index is 0.0446. The van der Waals surface area contributed by atoms with E-state index in [2.05, 4.69) is 10.1 Å². The summed E-state index contributed by atoms with van der Waals surface area (Å²) in [5.41, 5.74) is 2.27. The highest BCUT2D eigenvalue weighted by atomic mass is 16.5. The highest BCUT2D eigenvalue weighted by Crippen LogP contribution is 2.27. The SMILES string of the molecule is CCCN=C(CCc1noc2c1C(=O)CCC2)C1=C(O)CCCC1=O. The summed E-state index contributed by atoms with van der Waals surface area (Å²) in [6.45, 7) is 2.62. The first-order chi connectivity index (χ1) is 12.1. The molecular formula is C19H24N2O4.